The lowest BCUT2D eigenvalue weighted by Crippen LogP contribution is -2.28. The van der Waals surface area contributed by atoms with Crippen molar-refractivity contribution in [2.45, 2.75) is 38.9 Å². The highest BCUT2D eigenvalue weighted by atomic mass is 19.4. The molecule has 0 aliphatic carbocycles. The highest BCUT2D eigenvalue weighted by Gasteiger charge is 2.32. The van der Waals surface area contributed by atoms with Crippen LogP contribution in [-0.4, -0.2) is 35.6 Å². The molecule has 0 unspecified atom stereocenters. The summed E-state index contributed by atoms with van der Waals surface area (Å²) in [5, 5.41) is 0.544. The second-order valence-electron chi connectivity index (χ2n) is 8.54. The van der Waals surface area contributed by atoms with Gasteiger partial charge in [-0.1, -0.05) is 6.07 Å². The first-order chi connectivity index (χ1) is 16.2. The Bertz CT molecular complexity index is 1430. The van der Waals surface area contributed by atoms with Gasteiger partial charge < -0.3 is 14.1 Å². The molecule has 5 rings (SSSR count). The summed E-state index contributed by atoms with van der Waals surface area (Å²) in [5.41, 5.74) is 1.98. The van der Waals surface area contributed by atoms with Gasteiger partial charge in [0.1, 0.15) is 11.3 Å². The minimum atomic E-state index is -4.46. The highest BCUT2D eigenvalue weighted by Crippen LogP contribution is 2.39. The summed E-state index contributed by atoms with van der Waals surface area (Å²) in [7, 11) is 1.32. The summed E-state index contributed by atoms with van der Waals surface area (Å²) in [6.07, 6.45) is -2.50. The Morgan fingerprint density at radius 3 is 2.65 bits per heavy atom. The number of furan rings is 1. The maximum absolute atomic E-state index is 13.2. The molecule has 34 heavy (non-hydrogen) atoms. The zero-order chi connectivity index (χ0) is 24.2. The first-order valence-electron chi connectivity index (χ1n) is 10.9. The minimum Gasteiger partial charge on any atom is -0.465 e. The Balaban J connectivity index is 1.73. The van der Waals surface area contributed by atoms with Crippen molar-refractivity contribution < 1.29 is 27.1 Å². The lowest BCUT2D eigenvalue weighted by Gasteiger charge is -2.24. The average Bonchev–Trinajstić information content (AvgIpc) is 3.43. The van der Waals surface area contributed by atoms with Gasteiger partial charge in [-0.15, -0.1) is 0 Å². The van der Waals surface area contributed by atoms with E-state index in [-0.39, 0.29) is 11.6 Å². The monoisotopic (exact) mass is 469 g/mol. The number of fused-ring (bicyclic) bond motifs is 2. The summed E-state index contributed by atoms with van der Waals surface area (Å²) in [6.45, 7) is 4.65. The Morgan fingerprint density at radius 1 is 1.18 bits per heavy atom. The summed E-state index contributed by atoms with van der Waals surface area (Å²) in [6, 6.07) is 8.64. The van der Waals surface area contributed by atoms with Gasteiger partial charge in [0.25, 0.3) is 0 Å². The minimum absolute atomic E-state index is 0.129. The van der Waals surface area contributed by atoms with Crippen LogP contribution in [0, 0.1) is 6.92 Å². The van der Waals surface area contributed by atoms with Gasteiger partial charge in [-0.05, 0) is 62.6 Å². The van der Waals surface area contributed by atoms with E-state index in [4.69, 9.17) is 19.1 Å². The fourth-order valence-corrected chi connectivity index (χ4v) is 4.52. The molecule has 1 fully saturated rings. The van der Waals surface area contributed by atoms with Crippen LogP contribution in [0.2, 0.25) is 0 Å². The molecule has 9 heteroatoms. The van der Waals surface area contributed by atoms with Crippen LogP contribution in [0.25, 0.3) is 33.5 Å². The molecule has 0 amide bonds. The zero-order valence-electron chi connectivity index (χ0n) is 18.9. The van der Waals surface area contributed by atoms with E-state index in [9.17, 15) is 18.0 Å². The number of benzene rings is 2. The van der Waals surface area contributed by atoms with Crippen molar-refractivity contribution in [2.24, 2.45) is 0 Å². The second kappa shape index (κ2) is 8.00. The number of hydrogen-bond acceptors (Lipinski definition) is 6. The van der Waals surface area contributed by atoms with Crippen molar-refractivity contribution >= 4 is 33.8 Å². The van der Waals surface area contributed by atoms with Gasteiger partial charge in [0, 0.05) is 18.0 Å². The largest absolute Gasteiger partial charge is 0.465 e. The third kappa shape index (κ3) is 3.65. The van der Waals surface area contributed by atoms with Crippen LogP contribution >= 0.6 is 0 Å². The summed E-state index contributed by atoms with van der Waals surface area (Å²) < 4.78 is 50.3. The zero-order valence-corrected chi connectivity index (χ0v) is 18.9. The third-order valence-corrected chi connectivity index (χ3v) is 6.38. The number of rotatable bonds is 3. The van der Waals surface area contributed by atoms with Crippen molar-refractivity contribution in [1.82, 2.24) is 9.97 Å². The number of hydrogen-bond donors (Lipinski definition) is 0. The van der Waals surface area contributed by atoms with Gasteiger partial charge >= 0.3 is 12.1 Å². The molecule has 6 nitrogen and oxygen atoms in total. The molecule has 1 aliphatic rings. The van der Waals surface area contributed by atoms with E-state index in [1.54, 1.807) is 25.1 Å². The van der Waals surface area contributed by atoms with Gasteiger partial charge in [0.05, 0.1) is 29.3 Å². The van der Waals surface area contributed by atoms with Gasteiger partial charge in [-0.3, -0.25) is 0 Å². The number of carbonyl (C=O) groups is 1. The normalized spacial score (nSPS) is 16.5. The van der Waals surface area contributed by atoms with Crippen molar-refractivity contribution in [1.29, 1.82) is 0 Å². The Hall–Kier alpha value is -3.62. The number of nitrogens with zero attached hydrogens (tertiary/aromatic N) is 3. The van der Waals surface area contributed by atoms with E-state index >= 15 is 0 Å². The van der Waals surface area contributed by atoms with Gasteiger partial charge in [0.2, 0.25) is 0 Å². The predicted octanol–water partition coefficient (Wildman–Crippen LogP) is 6.15. The van der Waals surface area contributed by atoms with Crippen LogP contribution in [0.3, 0.4) is 0 Å². The molecular formula is C25H22F3N3O3. The van der Waals surface area contributed by atoms with E-state index < -0.39 is 17.7 Å². The Morgan fingerprint density at radius 2 is 1.97 bits per heavy atom. The summed E-state index contributed by atoms with van der Waals surface area (Å²) >= 11 is 0. The molecule has 2 aromatic heterocycles. The molecule has 2 aromatic carbocycles. The molecule has 1 saturated heterocycles. The molecular weight excluding hydrogens is 447 g/mol. The number of alkyl halides is 3. The lowest BCUT2D eigenvalue weighted by atomic mass is 10.1. The molecule has 176 valence electrons. The molecule has 1 atom stereocenters. The maximum Gasteiger partial charge on any atom is 0.416 e. The molecule has 3 heterocycles. The number of carbonyl (C=O) groups excluding carboxylic acids is 1. The lowest BCUT2D eigenvalue weighted by molar-refractivity contribution is -0.137. The number of halogens is 3. The molecule has 0 saturated carbocycles. The molecule has 0 radical (unpaired) electrons. The van der Waals surface area contributed by atoms with Crippen LogP contribution in [0.4, 0.5) is 19.0 Å². The van der Waals surface area contributed by atoms with E-state index in [1.807, 2.05) is 0 Å². The van der Waals surface area contributed by atoms with E-state index in [0.717, 1.165) is 31.5 Å². The van der Waals surface area contributed by atoms with Crippen LogP contribution in [-0.2, 0) is 10.9 Å². The summed E-state index contributed by atoms with van der Waals surface area (Å²) in [4.78, 5) is 24.0. The average molecular weight is 469 g/mol. The van der Waals surface area contributed by atoms with Gasteiger partial charge in [-0.25, -0.2) is 14.8 Å². The maximum atomic E-state index is 13.2. The van der Waals surface area contributed by atoms with Crippen molar-refractivity contribution in [3.8, 4) is 11.5 Å². The first kappa shape index (κ1) is 22.2. The van der Waals surface area contributed by atoms with Crippen LogP contribution in [0.5, 0.6) is 0 Å². The molecule has 0 N–H and O–H groups in total. The molecule has 0 bridgehead atoms. The smallest absolute Gasteiger partial charge is 0.416 e. The van der Waals surface area contributed by atoms with Gasteiger partial charge in [0.15, 0.2) is 11.6 Å². The molecule has 1 aliphatic heterocycles. The van der Waals surface area contributed by atoms with E-state index in [0.29, 0.717) is 44.8 Å². The van der Waals surface area contributed by atoms with Crippen molar-refractivity contribution in [3.05, 3.63) is 53.1 Å². The first-order valence-corrected chi connectivity index (χ1v) is 10.9. The van der Waals surface area contributed by atoms with E-state index in [2.05, 4.69) is 11.8 Å². The number of esters is 1. The number of aryl methyl sites for hydroxylation is 1. The predicted molar refractivity (Wildman–Crippen MR) is 122 cm³/mol. The van der Waals surface area contributed by atoms with Crippen molar-refractivity contribution in [3.63, 3.8) is 0 Å². The fraction of sp³-hybridized carbons (Fsp3) is 0.320. The third-order valence-electron chi connectivity index (χ3n) is 6.38. The number of aromatic nitrogens is 2. The van der Waals surface area contributed by atoms with Crippen LogP contribution in [0.15, 0.2) is 40.8 Å². The standard InChI is InChI=1S/C25H22F3N3O3/c1-13-5-4-10-31(13)23-22(20-11-15-6-7-16(25(26,27)28)12-19(15)34-20)29-18-9-8-17(24(32)33-3)14(2)21(18)30-23/h6-9,11-13H,4-5,10H2,1-3H3/t13-/m0/s1. The highest BCUT2D eigenvalue weighted by molar-refractivity contribution is 5.97. The molecule has 4 aromatic rings. The second-order valence-corrected chi connectivity index (χ2v) is 8.54. The SMILES string of the molecule is COC(=O)c1ccc2nc(-c3cc4ccc(C(F)(F)F)cc4o3)c(N3CCC[C@@H]3C)nc2c1C. The number of anilines is 1. The van der Waals surface area contributed by atoms with Crippen LogP contribution in [0.1, 0.15) is 41.3 Å². The fourth-order valence-electron chi connectivity index (χ4n) is 4.52. The topological polar surface area (TPSA) is 68.5 Å². The van der Waals surface area contributed by atoms with Gasteiger partial charge in [-0.2, -0.15) is 13.2 Å². The van der Waals surface area contributed by atoms with Crippen LogP contribution < -0.4 is 4.90 Å². The Kier molecular flexibility index (Phi) is 5.22. The molecule has 0 spiro atoms. The number of methoxy groups -OCH3 is 1. The van der Waals surface area contributed by atoms with Crippen molar-refractivity contribution in [2.75, 3.05) is 18.6 Å². The quantitative estimate of drug-likeness (QED) is 0.336. The summed E-state index contributed by atoms with van der Waals surface area (Å²) in [5.74, 6) is 0.462. The number of ether oxygens (including phenoxy) is 1. The van der Waals surface area contributed by atoms with E-state index in [1.165, 1.54) is 13.2 Å². The Labute approximate surface area is 193 Å².